The van der Waals surface area contributed by atoms with E-state index in [-0.39, 0.29) is 10.8 Å². The molecule has 22 heavy (non-hydrogen) atoms. The first-order valence-electron chi connectivity index (χ1n) is 7.57. The zero-order valence-electron chi connectivity index (χ0n) is 14.7. The standard InChI is InChI=1S/C18H28O3S/c1-11(16(20)21)10-22-12-8-13(17(2,3)4)15(19)14(9-12)18(5,6)7/h8-9,11,19H,10H2,1-7H3,(H,20,21). The molecule has 0 spiro atoms. The van der Waals surface area contributed by atoms with Crippen LogP contribution in [0, 0.1) is 5.92 Å². The Hall–Kier alpha value is -1.16. The van der Waals surface area contributed by atoms with Crippen LogP contribution in [0.25, 0.3) is 0 Å². The van der Waals surface area contributed by atoms with E-state index in [1.54, 1.807) is 6.92 Å². The lowest BCUT2D eigenvalue weighted by Gasteiger charge is -2.28. The third-order valence-electron chi connectivity index (χ3n) is 3.62. The number of rotatable bonds is 4. The molecule has 2 N–H and O–H groups in total. The van der Waals surface area contributed by atoms with Crippen molar-refractivity contribution in [3.63, 3.8) is 0 Å². The van der Waals surface area contributed by atoms with E-state index in [9.17, 15) is 9.90 Å². The van der Waals surface area contributed by atoms with Crippen molar-refractivity contribution in [2.45, 2.75) is 64.2 Å². The molecule has 0 radical (unpaired) electrons. The van der Waals surface area contributed by atoms with E-state index in [4.69, 9.17) is 5.11 Å². The molecule has 1 aromatic carbocycles. The van der Waals surface area contributed by atoms with Crippen LogP contribution in [0.4, 0.5) is 0 Å². The minimum Gasteiger partial charge on any atom is -0.507 e. The molecule has 3 nitrogen and oxygen atoms in total. The molecule has 0 fully saturated rings. The van der Waals surface area contributed by atoms with Crippen LogP contribution < -0.4 is 0 Å². The molecule has 0 saturated heterocycles. The second-order valence-electron chi connectivity index (χ2n) is 7.92. The van der Waals surface area contributed by atoms with E-state index < -0.39 is 11.9 Å². The number of carboxylic acid groups (broad SMARTS) is 1. The van der Waals surface area contributed by atoms with E-state index in [1.807, 2.05) is 12.1 Å². The summed E-state index contributed by atoms with van der Waals surface area (Å²) in [6, 6.07) is 3.98. The van der Waals surface area contributed by atoms with Crippen LogP contribution in [0.2, 0.25) is 0 Å². The third-order valence-corrected chi connectivity index (χ3v) is 4.86. The summed E-state index contributed by atoms with van der Waals surface area (Å²) < 4.78 is 0. The lowest BCUT2D eigenvalue weighted by molar-refractivity contribution is -0.140. The maximum absolute atomic E-state index is 11.0. The first-order chi connectivity index (χ1) is 9.84. The monoisotopic (exact) mass is 324 g/mol. The quantitative estimate of drug-likeness (QED) is 0.781. The molecule has 1 aromatic rings. The van der Waals surface area contributed by atoms with Crippen LogP contribution in [-0.2, 0) is 15.6 Å². The maximum Gasteiger partial charge on any atom is 0.307 e. The predicted octanol–water partition coefficient (Wildman–Crippen LogP) is 4.80. The molecule has 0 heterocycles. The first-order valence-corrected chi connectivity index (χ1v) is 8.56. The SMILES string of the molecule is CC(CSc1cc(C(C)(C)C)c(O)c(C(C)(C)C)c1)C(=O)O. The highest BCUT2D eigenvalue weighted by Crippen LogP contribution is 2.41. The number of benzene rings is 1. The van der Waals surface area contributed by atoms with E-state index in [0.29, 0.717) is 11.5 Å². The fraction of sp³-hybridized carbons (Fsp3) is 0.611. The minimum atomic E-state index is -0.779. The Kier molecular flexibility index (Phi) is 5.61. The first kappa shape index (κ1) is 18.9. The molecule has 1 unspecified atom stereocenters. The summed E-state index contributed by atoms with van der Waals surface area (Å²) in [5.41, 5.74) is 1.48. The summed E-state index contributed by atoms with van der Waals surface area (Å²) in [7, 11) is 0. The van der Waals surface area contributed by atoms with Gasteiger partial charge in [0.2, 0.25) is 0 Å². The van der Waals surface area contributed by atoms with Crippen molar-refractivity contribution in [1.82, 2.24) is 0 Å². The second-order valence-corrected chi connectivity index (χ2v) is 9.01. The number of aliphatic carboxylic acids is 1. The van der Waals surface area contributed by atoms with Crippen molar-refractivity contribution < 1.29 is 15.0 Å². The molecular formula is C18H28O3S. The van der Waals surface area contributed by atoms with Gasteiger partial charge in [-0.1, -0.05) is 48.5 Å². The molecule has 0 saturated carbocycles. The van der Waals surface area contributed by atoms with E-state index in [0.717, 1.165) is 16.0 Å². The number of phenols is 1. The lowest BCUT2D eigenvalue weighted by atomic mass is 9.79. The Morgan fingerprint density at radius 3 is 1.82 bits per heavy atom. The smallest absolute Gasteiger partial charge is 0.307 e. The summed E-state index contributed by atoms with van der Waals surface area (Å²) in [6.45, 7) is 14.1. The third kappa shape index (κ3) is 4.67. The van der Waals surface area contributed by atoms with E-state index >= 15 is 0 Å². The molecule has 4 heteroatoms. The van der Waals surface area contributed by atoms with Gasteiger partial charge < -0.3 is 10.2 Å². The molecule has 0 bridgehead atoms. The largest absolute Gasteiger partial charge is 0.507 e. The predicted molar refractivity (Wildman–Crippen MR) is 93.0 cm³/mol. The summed E-state index contributed by atoms with van der Waals surface area (Å²) in [4.78, 5) is 12.0. The summed E-state index contributed by atoms with van der Waals surface area (Å²) >= 11 is 1.53. The van der Waals surface area contributed by atoms with Crippen molar-refractivity contribution in [1.29, 1.82) is 0 Å². The summed E-state index contributed by atoms with van der Waals surface area (Å²) in [5.74, 6) is -0.295. The van der Waals surface area contributed by atoms with Gasteiger partial charge in [-0.3, -0.25) is 4.79 Å². The number of carbonyl (C=O) groups is 1. The zero-order valence-corrected chi connectivity index (χ0v) is 15.5. The van der Waals surface area contributed by atoms with Crippen LogP contribution >= 0.6 is 11.8 Å². The number of thioether (sulfide) groups is 1. The Bertz CT molecular complexity index is 515. The number of hydrogen-bond acceptors (Lipinski definition) is 3. The van der Waals surface area contributed by atoms with Gasteiger partial charge in [0.25, 0.3) is 0 Å². The van der Waals surface area contributed by atoms with Gasteiger partial charge >= 0.3 is 5.97 Å². The van der Waals surface area contributed by atoms with Crippen molar-refractivity contribution >= 4 is 17.7 Å². The Morgan fingerprint density at radius 1 is 1.09 bits per heavy atom. The zero-order chi connectivity index (χ0) is 17.3. The van der Waals surface area contributed by atoms with Crippen LogP contribution in [-0.4, -0.2) is 21.9 Å². The molecule has 0 amide bonds. The van der Waals surface area contributed by atoms with Gasteiger partial charge in [0, 0.05) is 21.8 Å². The van der Waals surface area contributed by atoms with Gasteiger partial charge in [-0.15, -0.1) is 11.8 Å². The molecule has 124 valence electrons. The van der Waals surface area contributed by atoms with Crippen LogP contribution in [0.3, 0.4) is 0 Å². The highest BCUT2D eigenvalue weighted by atomic mass is 32.2. The van der Waals surface area contributed by atoms with Crippen molar-refractivity contribution in [3.05, 3.63) is 23.3 Å². The van der Waals surface area contributed by atoms with Gasteiger partial charge in [0.1, 0.15) is 5.75 Å². The summed E-state index contributed by atoms with van der Waals surface area (Å²) in [6.07, 6.45) is 0. The average Bonchev–Trinajstić information content (AvgIpc) is 2.33. The molecule has 1 atom stereocenters. The Labute approximate surface area is 138 Å². The van der Waals surface area contributed by atoms with Crippen LogP contribution in [0.5, 0.6) is 5.75 Å². The number of aromatic hydroxyl groups is 1. The highest BCUT2D eigenvalue weighted by Gasteiger charge is 2.26. The molecule has 0 aliphatic heterocycles. The molecule has 1 rings (SSSR count). The van der Waals surface area contributed by atoms with Crippen molar-refractivity contribution in [2.24, 2.45) is 5.92 Å². The van der Waals surface area contributed by atoms with Gasteiger partial charge in [0.05, 0.1) is 5.92 Å². The molecule has 0 aromatic heterocycles. The van der Waals surface area contributed by atoms with Gasteiger partial charge in [-0.25, -0.2) is 0 Å². The highest BCUT2D eigenvalue weighted by molar-refractivity contribution is 7.99. The Morgan fingerprint density at radius 2 is 1.50 bits per heavy atom. The fourth-order valence-electron chi connectivity index (χ4n) is 2.13. The second kappa shape index (κ2) is 6.53. The maximum atomic E-state index is 11.0. The number of hydrogen-bond donors (Lipinski definition) is 2. The topological polar surface area (TPSA) is 57.5 Å². The minimum absolute atomic E-state index is 0.168. The van der Waals surface area contributed by atoms with Crippen molar-refractivity contribution in [2.75, 3.05) is 5.75 Å². The van der Waals surface area contributed by atoms with E-state index in [2.05, 4.69) is 41.5 Å². The number of phenolic OH excluding ortho intramolecular Hbond substituents is 1. The molecular weight excluding hydrogens is 296 g/mol. The Balaban J connectivity index is 3.27. The van der Waals surface area contributed by atoms with E-state index in [1.165, 1.54) is 11.8 Å². The molecule has 0 aliphatic rings. The van der Waals surface area contributed by atoms with Crippen molar-refractivity contribution in [3.8, 4) is 5.75 Å². The van der Waals surface area contributed by atoms with Gasteiger partial charge in [-0.2, -0.15) is 0 Å². The fourth-order valence-corrected chi connectivity index (χ4v) is 3.11. The normalized spacial score (nSPS) is 14.0. The van der Waals surface area contributed by atoms with Crippen LogP contribution in [0.1, 0.15) is 59.6 Å². The van der Waals surface area contributed by atoms with Gasteiger partial charge in [-0.05, 0) is 23.0 Å². The lowest BCUT2D eigenvalue weighted by Crippen LogP contribution is -2.17. The average molecular weight is 324 g/mol. The number of carboxylic acids is 1. The van der Waals surface area contributed by atoms with Gasteiger partial charge in [0.15, 0.2) is 0 Å². The molecule has 0 aliphatic carbocycles. The summed E-state index contributed by atoms with van der Waals surface area (Å²) in [5, 5.41) is 19.7. The van der Waals surface area contributed by atoms with Crippen LogP contribution in [0.15, 0.2) is 17.0 Å².